The Morgan fingerprint density at radius 2 is 2.08 bits per heavy atom. The fraction of sp³-hybridized carbons (Fsp3) is 0.316. The fourth-order valence-corrected chi connectivity index (χ4v) is 3.78. The molecule has 0 aliphatic rings. The van der Waals surface area contributed by atoms with E-state index < -0.39 is 0 Å². The van der Waals surface area contributed by atoms with E-state index in [1.165, 1.54) is 29.6 Å². The molecule has 0 spiro atoms. The molecule has 0 aliphatic carbocycles. The third-order valence-corrected chi connectivity index (χ3v) is 4.86. The fourth-order valence-electron chi connectivity index (χ4n) is 2.45. The molecule has 3 nitrogen and oxygen atoms in total. The van der Waals surface area contributed by atoms with Gasteiger partial charge in [-0.1, -0.05) is 43.2 Å². The second-order valence-electron chi connectivity index (χ2n) is 5.99. The van der Waals surface area contributed by atoms with Crippen molar-refractivity contribution in [2.75, 3.05) is 0 Å². The lowest BCUT2D eigenvalue weighted by atomic mass is 10.1. The summed E-state index contributed by atoms with van der Waals surface area (Å²) >= 11 is 1.29. The largest absolute Gasteiger partial charge is 0.351 e. The van der Waals surface area contributed by atoms with Gasteiger partial charge in [-0.05, 0) is 54.4 Å². The smallest absolute Gasteiger partial charge is 0.238 e. The predicted molar refractivity (Wildman–Crippen MR) is 106 cm³/mol. The highest BCUT2D eigenvalue weighted by Gasteiger charge is 2.17. The number of amides is 1. The Bertz CT molecular complexity index is 706. The summed E-state index contributed by atoms with van der Waals surface area (Å²) in [7, 11) is 2.49. The van der Waals surface area contributed by atoms with E-state index in [1.54, 1.807) is 0 Å². The van der Waals surface area contributed by atoms with E-state index in [0.29, 0.717) is 6.54 Å². The van der Waals surface area contributed by atoms with Gasteiger partial charge < -0.3 is 5.32 Å². The molecule has 2 rings (SSSR count). The monoisotopic (exact) mass is 378 g/mol. The molecule has 2 aromatic carbocycles. The summed E-state index contributed by atoms with van der Waals surface area (Å²) in [5, 5.41) is 3.76. The van der Waals surface area contributed by atoms with Crippen molar-refractivity contribution >= 4 is 32.4 Å². The lowest BCUT2D eigenvalue weighted by Gasteiger charge is -2.17. The summed E-state index contributed by atoms with van der Waals surface area (Å²) in [5.74, 6) is -0.328. The van der Waals surface area contributed by atoms with Crippen LogP contribution in [-0.4, -0.2) is 11.9 Å². The minimum absolute atomic E-state index is 0.0432. The Morgan fingerprint density at radius 1 is 1.28 bits per heavy atom. The quantitative estimate of drug-likeness (QED) is 0.543. The van der Waals surface area contributed by atoms with E-state index in [9.17, 15) is 9.18 Å². The summed E-state index contributed by atoms with van der Waals surface area (Å²) in [6.07, 6.45) is 1.60. The number of carbonyl (C=O) groups is 1. The topological polar surface area (TPSA) is 41.1 Å². The van der Waals surface area contributed by atoms with Crippen LogP contribution < -0.4 is 15.3 Å². The van der Waals surface area contributed by atoms with Gasteiger partial charge in [0.1, 0.15) is 5.82 Å². The van der Waals surface area contributed by atoms with E-state index >= 15 is 0 Å². The Morgan fingerprint density at radius 3 is 2.76 bits per heavy atom. The van der Waals surface area contributed by atoms with Crippen LogP contribution in [-0.2, 0) is 11.3 Å². The molecule has 2 aromatic rings. The van der Waals surface area contributed by atoms with Crippen LogP contribution >= 0.6 is 21.2 Å². The van der Waals surface area contributed by atoms with Crippen LogP contribution in [0.25, 0.3) is 0 Å². The summed E-state index contributed by atoms with van der Waals surface area (Å²) < 4.78 is 16.6. The van der Waals surface area contributed by atoms with Crippen molar-refractivity contribution in [3.05, 3.63) is 59.4 Å². The number of carbonyl (C=O) groups excluding carboxylic acids is 1. The lowest BCUT2D eigenvalue weighted by Crippen LogP contribution is -2.41. The van der Waals surface area contributed by atoms with E-state index in [2.05, 4.69) is 25.3 Å². The second-order valence-corrected chi connectivity index (χ2v) is 7.57. The summed E-state index contributed by atoms with van der Waals surface area (Å²) in [6.45, 7) is 4.57. The molecule has 0 heterocycles. The molecule has 0 radical (unpaired) electrons. The first-order valence-corrected chi connectivity index (χ1v) is 9.69. The van der Waals surface area contributed by atoms with Crippen molar-refractivity contribution in [2.45, 2.75) is 44.2 Å². The minimum Gasteiger partial charge on any atom is -0.351 e. The third-order valence-electron chi connectivity index (χ3n) is 3.66. The lowest BCUT2D eigenvalue weighted by molar-refractivity contribution is -0.123. The molecule has 25 heavy (non-hydrogen) atoms. The molecule has 134 valence electrons. The highest BCUT2D eigenvalue weighted by atomic mass is 32.2. The molecule has 2 N–H and O–H groups in total. The van der Waals surface area contributed by atoms with Gasteiger partial charge in [-0.15, -0.1) is 9.24 Å². The molecule has 0 bridgehead atoms. The van der Waals surface area contributed by atoms with Crippen LogP contribution in [0, 0.1) is 12.7 Å². The number of rotatable bonds is 8. The molecular weight excluding hydrogens is 354 g/mol. The van der Waals surface area contributed by atoms with Crippen molar-refractivity contribution in [3.63, 3.8) is 0 Å². The Labute approximate surface area is 155 Å². The maximum Gasteiger partial charge on any atom is 0.238 e. The van der Waals surface area contributed by atoms with E-state index in [4.69, 9.17) is 0 Å². The zero-order valence-electron chi connectivity index (χ0n) is 14.5. The average Bonchev–Trinajstić information content (AvgIpc) is 2.55. The number of nitrogens with one attached hydrogen (secondary N) is 2. The molecule has 1 amide bonds. The van der Waals surface area contributed by atoms with Crippen LogP contribution in [0.15, 0.2) is 47.4 Å². The molecule has 6 heteroatoms. The zero-order valence-corrected chi connectivity index (χ0v) is 16.5. The van der Waals surface area contributed by atoms with Gasteiger partial charge in [0, 0.05) is 11.4 Å². The molecule has 0 aliphatic heterocycles. The van der Waals surface area contributed by atoms with Crippen LogP contribution in [0.4, 0.5) is 4.39 Å². The summed E-state index contributed by atoms with van der Waals surface area (Å²) in [4.78, 5) is 13.2. The summed E-state index contributed by atoms with van der Waals surface area (Å²) in [6, 6.07) is 12.5. The van der Waals surface area contributed by atoms with Crippen molar-refractivity contribution in [1.82, 2.24) is 10.0 Å². The highest BCUT2D eigenvalue weighted by molar-refractivity contribution is 7.97. The minimum atomic E-state index is -0.323. The number of hydrogen-bond acceptors (Lipinski definition) is 3. The van der Waals surface area contributed by atoms with Crippen molar-refractivity contribution < 1.29 is 9.18 Å². The molecular formula is C19H24FN2OPS. The first-order valence-electron chi connectivity index (χ1n) is 8.29. The van der Waals surface area contributed by atoms with Crippen LogP contribution in [0.3, 0.4) is 0 Å². The van der Waals surface area contributed by atoms with Gasteiger partial charge in [-0.3, -0.25) is 4.79 Å². The van der Waals surface area contributed by atoms with Crippen molar-refractivity contribution in [2.24, 2.45) is 0 Å². The van der Waals surface area contributed by atoms with Gasteiger partial charge in [0.25, 0.3) is 0 Å². The van der Waals surface area contributed by atoms with Gasteiger partial charge in [-0.2, -0.15) is 0 Å². The van der Waals surface area contributed by atoms with Crippen LogP contribution in [0.2, 0.25) is 0 Å². The maximum atomic E-state index is 13.5. The van der Waals surface area contributed by atoms with Gasteiger partial charge >= 0.3 is 0 Å². The number of benzene rings is 2. The third kappa shape index (κ3) is 6.77. The van der Waals surface area contributed by atoms with Crippen molar-refractivity contribution in [3.8, 4) is 0 Å². The molecule has 0 saturated carbocycles. The van der Waals surface area contributed by atoms with Gasteiger partial charge in [0.05, 0.1) is 6.04 Å². The Balaban J connectivity index is 1.93. The second kappa shape index (κ2) is 9.91. The number of aryl methyl sites for hydroxylation is 1. The van der Waals surface area contributed by atoms with E-state index in [-0.39, 0.29) is 17.8 Å². The Kier molecular flexibility index (Phi) is 7.89. The van der Waals surface area contributed by atoms with Gasteiger partial charge in [0.15, 0.2) is 0 Å². The maximum absolute atomic E-state index is 13.5. The van der Waals surface area contributed by atoms with Crippen LogP contribution in [0.5, 0.6) is 0 Å². The van der Waals surface area contributed by atoms with Gasteiger partial charge in [0.2, 0.25) is 5.91 Å². The molecule has 0 fully saturated rings. The first-order chi connectivity index (χ1) is 12.0. The SMILES string of the molecule is CCCC(NSc1cc(F)cc(P)c1)C(=O)NCc1cccc(C)c1. The predicted octanol–water partition coefficient (Wildman–Crippen LogP) is 3.72. The molecule has 0 aromatic heterocycles. The summed E-state index contributed by atoms with van der Waals surface area (Å²) in [5.41, 5.74) is 2.25. The van der Waals surface area contributed by atoms with E-state index in [0.717, 1.165) is 28.6 Å². The standard InChI is InChI=1S/C19H24FN2OPS/c1-3-5-18(22-25-17-10-15(20)9-16(24)11-17)19(23)21-12-14-7-4-6-13(2)8-14/h4,6-11,18,22H,3,5,12,24H2,1-2H3,(H,21,23). The van der Waals surface area contributed by atoms with Crippen LogP contribution in [0.1, 0.15) is 30.9 Å². The van der Waals surface area contributed by atoms with E-state index in [1.807, 2.05) is 38.1 Å². The number of halogens is 1. The average molecular weight is 378 g/mol. The molecule has 2 unspecified atom stereocenters. The number of hydrogen-bond donors (Lipinski definition) is 2. The zero-order chi connectivity index (χ0) is 18.2. The normalized spacial score (nSPS) is 12.0. The Hall–Kier alpha value is -1.42. The molecule has 2 atom stereocenters. The molecule has 0 saturated heterocycles. The highest BCUT2D eigenvalue weighted by Crippen LogP contribution is 2.17. The van der Waals surface area contributed by atoms with Gasteiger partial charge in [-0.25, -0.2) is 9.11 Å². The first kappa shape index (κ1) is 19.9. The van der Waals surface area contributed by atoms with Crippen molar-refractivity contribution in [1.29, 1.82) is 0 Å².